The summed E-state index contributed by atoms with van der Waals surface area (Å²) in [7, 11) is 0. The number of ether oxygens (including phenoxy) is 1. The van der Waals surface area contributed by atoms with Crippen molar-refractivity contribution in [2.75, 3.05) is 0 Å². The zero-order valence-corrected chi connectivity index (χ0v) is 15.7. The number of esters is 1. The van der Waals surface area contributed by atoms with Crippen molar-refractivity contribution >= 4 is 5.97 Å². The van der Waals surface area contributed by atoms with Gasteiger partial charge in [-0.1, -0.05) is 76.9 Å². The quantitative estimate of drug-likeness (QED) is 0.237. The summed E-state index contributed by atoms with van der Waals surface area (Å²) in [6.07, 6.45) is 21.2. The van der Waals surface area contributed by atoms with E-state index in [2.05, 4.69) is 19.1 Å². The molecule has 0 aliphatic carbocycles. The lowest BCUT2D eigenvalue weighted by molar-refractivity contribution is -0.145. The predicted molar refractivity (Wildman–Crippen MR) is 100.0 cm³/mol. The average molecular weight is 339 g/mol. The molecule has 1 saturated heterocycles. The Kier molecular flexibility index (Phi) is 12.8. The summed E-state index contributed by atoms with van der Waals surface area (Å²) in [5, 5.41) is 9.95. The Morgan fingerprint density at radius 2 is 1.58 bits per heavy atom. The molecule has 1 heterocycles. The molecule has 0 unspecified atom stereocenters. The van der Waals surface area contributed by atoms with E-state index in [9.17, 15) is 9.90 Å². The van der Waals surface area contributed by atoms with Crippen LogP contribution in [0, 0.1) is 0 Å². The highest BCUT2D eigenvalue weighted by molar-refractivity contribution is 5.71. The Bertz CT molecular complexity index is 338. The van der Waals surface area contributed by atoms with E-state index in [1.165, 1.54) is 64.2 Å². The zero-order chi connectivity index (χ0) is 17.5. The minimum Gasteiger partial charge on any atom is -0.460 e. The topological polar surface area (TPSA) is 46.5 Å². The molecule has 3 heteroatoms. The van der Waals surface area contributed by atoms with Crippen LogP contribution in [0.25, 0.3) is 0 Å². The molecule has 1 aliphatic rings. The Labute approximate surface area is 148 Å². The first-order valence-corrected chi connectivity index (χ1v) is 10.3. The van der Waals surface area contributed by atoms with E-state index in [-0.39, 0.29) is 12.1 Å². The monoisotopic (exact) mass is 338 g/mol. The second kappa shape index (κ2) is 14.5. The van der Waals surface area contributed by atoms with Crippen LogP contribution in [0.1, 0.15) is 103 Å². The van der Waals surface area contributed by atoms with Gasteiger partial charge in [0, 0.05) is 6.42 Å². The predicted octanol–water partition coefficient (Wildman–Crippen LogP) is 5.70. The molecule has 0 aromatic carbocycles. The molecule has 1 rings (SSSR count). The summed E-state index contributed by atoms with van der Waals surface area (Å²) >= 11 is 0. The number of hydrogen-bond acceptors (Lipinski definition) is 3. The molecular formula is C21H38O3. The molecule has 2 atom stereocenters. The van der Waals surface area contributed by atoms with Crippen LogP contribution in [0.5, 0.6) is 0 Å². The summed E-state index contributed by atoms with van der Waals surface area (Å²) in [4.78, 5) is 11.0. The summed E-state index contributed by atoms with van der Waals surface area (Å²) in [6, 6.07) is 0. The number of aliphatic hydroxyl groups is 1. The number of aliphatic hydroxyl groups excluding tert-OH is 1. The molecule has 0 spiro atoms. The number of rotatable bonds is 15. The summed E-state index contributed by atoms with van der Waals surface area (Å²) in [5.74, 6) is -0.171. The number of carbonyl (C=O) groups excluding carboxylic acids is 1. The molecule has 24 heavy (non-hydrogen) atoms. The largest absolute Gasteiger partial charge is 0.460 e. The van der Waals surface area contributed by atoms with Crippen LogP contribution < -0.4 is 0 Å². The molecule has 0 bridgehead atoms. The van der Waals surface area contributed by atoms with Crippen molar-refractivity contribution in [3.05, 3.63) is 12.2 Å². The maximum absolute atomic E-state index is 11.0. The molecule has 0 saturated carbocycles. The van der Waals surface area contributed by atoms with Gasteiger partial charge in [-0.15, -0.1) is 0 Å². The van der Waals surface area contributed by atoms with Crippen molar-refractivity contribution in [2.24, 2.45) is 0 Å². The first kappa shape index (κ1) is 21.2. The van der Waals surface area contributed by atoms with E-state index in [0.29, 0.717) is 19.3 Å². The van der Waals surface area contributed by atoms with Crippen molar-refractivity contribution in [1.82, 2.24) is 0 Å². The van der Waals surface area contributed by atoms with Crippen LogP contribution in [0.15, 0.2) is 12.2 Å². The van der Waals surface area contributed by atoms with Crippen LogP contribution in [-0.4, -0.2) is 23.3 Å². The summed E-state index contributed by atoms with van der Waals surface area (Å²) in [6.45, 7) is 2.27. The molecule has 1 aliphatic heterocycles. The van der Waals surface area contributed by atoms with Crippen molar-refractivity contribution in [1.29, 1.82) is 0 Å². The Hall–Kier alpha value is -0.830. The van der Waals surface area contributed by atoms with Crippen LogP contribution in [0.4, 0.5) is 0 Å². The molecule has 0 aromatic heterocycles. The highest BCUT2D eigenvalue weighted by Crippen LogP contribution is 2.20. The molecular weight excluding hydrogens is 300 g/mol. The van der Waals surface area contributed by atoms with Crippen molar-refractivity contribution < 1.29 is 14.6 Å². The third kappa shape index (κ3) is 10.9. The lowest BCUT2D eigenvalue weighted by Crippen LogP contribution is -2.25. The first-order valence-electron chi connectivity index (χ1n) is 10.3. The number of allylic oxidation sites excluding steroid dienone is 2. The summed E-state index contributed by atoms with van der Waals surface area (Å²) in [5.41, 5.74) is 0. The van der Waals surface area contributed by atoms with E-state index in [0.717, 1.165) is 12.8 Å². The third-order valence-corrected chi connectivity index (χ3v) is 4.87. The van der Waals surface area contributed by atoms with Crippen molar-refractivity contribution in [3.8, 4) is 0 Å². The van der Waals surface area contributed by atoms with Gasteiger partial charge in [0.1, 0.15) is 6.10 Å². The molecule has 0 radical (unpaired) electrons. The fourth-order valence-electron chi connectivity index (χ4n) is 3.26. The normalized spacial score (nSPS) is 19.1. The average Bonchev–Trinajstić information content (AvgIpc) is 3.01. The van der Waals surface area contributed by atoms with Crippen molar-refractivity contribution in [3.63, 3.8) is 0 Å². The van der Waals surface area contributed by atoms with E-state index < -0.39 is 6.10 Å². The van der Waals surface area contributed by atoms with Gasteiger partial charge in [-0.3, -0.25) is 4.79 Å². The van der Waals surface area contributed by atoms with Gasteiger partial charge in [0.05, 0.1) is 6.10 Å². The highest BCUT2D eigenvalue weighted by Gasteiger charge is 2.29. The van der Waals surface area contributed by atoms with Crippen LogP contribution in [0.2, 0.25) is 0 Å². The highest BCUT2D eigenvalue weighted by atomic mass is 16.6. The van der Waals surface area contributed by atoms with Gasteiger partial charge in [-0.25, -0.2) is 0 Å². The SMILES string of the molecule is CCCCCCCCCCCC/C=C\CC[C@@H](O)[C@H]1CCC(=O)O1. The van der Waals surface area contributed by atoms with Crippen LogP contribution >= 0.6 is 0 Å². The van der Waals surface area contributed by atoms with Gasteiger partial charge < -0.3 is 9.84 Å². The van der Waals surface area contributed by atoms with Crippen LogP contribution in [-0.2, 0) is 9.53 Å². The minimum absolute atomic E-state index is 0.171. The first-order chi connectivity index (χ1) is 11.7. The van der Waals surface area contributed by atoms with Crippen molar-refractivity contribution in [2.45, 2.75) is 115 Å². The minimum atomic E-state index is -0.501. The van der Waals surface area contributed by atoms with E-state index >= 15 is 0 Å². The fraction of sp³-hybridized carbons (Fsp3) is 0.857. The van der Waals surface area contributed by atoms with E-state index in [1.807, 2.05) is 0 Å². The molecule has 0 amide bonds. The number of hydrogen-bond donors (Lipinski definition) is 1. The van der Waals surface area contributed by atoms with Gasteiger partial charge in [-0.2, -0.15) is 0 Å². The fourth-order valence-corrected chi connectivity index (χ4v) is 3.26. The molecule has 0 aromatic rings. The second-order valence-electron chi connectivity index (χ2n) is 7.15. The lowest BCUT2D eigenvalue weighted by Gasteiger charge is -2.15. The molecule has 140 valence electrons. The van der Waals surface area contributed by atoms with Gasteiger partial charge >= 0.3 is 5.97 Å². The Balaban J connectivity index is 1.82. The van der Waals surface area contributed by atoms with Gasteiger partial charge in [0.25, 0.3) is 0 Å². The smallest absolute Gasteiger partial charge is 0.306 e. The number of unbranched alkanes of at least 4 members (excludes halogenated alkanes) is 10. The summed E-state index contributed by atoms with van der Waals surface area (Å²) < 4.78 is 5.08. The molecule has 1 fully saturated rings. The maximum atomic E-state index is 11.0. The number of cyclic esters (lactones) is 1. The van der Waals surface area contributed by atoms with E-state index in [4.69, 9.17) is 4.74 Å². The molecule has 3 nitrogen and oxygen atoms in total. The maximum Gasteiger partial charge on any atom is 0.306 e. The lowest BCUT2D eigenvalue weighted by atomic mass is 10.0. The van der Waals surface area contributed by atoms with E-state index in [1.54, 1.807) is 0 Å². The zero-order valence-electron chi connectivity index (χ0n) is 15.7. The Morgan fingerprint density at radius 3 is 2.17 bits per heavy atom. The van der Waals surface area contributed by atoms with Gasteiger partial charge in [-0.05, 0) is 32.1 Å². The van der Waals surface area contributed by atoms with Crippen LogP contribution in [0.3, 0.4) is 0 Å². The standard InChI is InChI=1S/C21H38O3/c1-2-3-4-5-6-7-8-9-10-11-12-13-14-15-16-19(22)20-17-18-21(23)24-20/h13-14,19-20,22H,2-12,15-18H2,1H3/b14-13-/t19-,20-/m1/s1. The molecule has 1 N–H and O–H groups in total. The van der Waals surface area contributed by atoms with Gasteiger partial charge in [0.2, 0.25) is 0 Å². The number of carbonyl (C=O) groups is 1. The Morgan fingerprint density at radius 1 is 1.00 bits per heavy atom. The second-order valence-corrected chi connectivity index (χ2v) is 7.15. The van der Waals surface area contributed by atoms with Gasteiger partial charge in [0.15, 0.2) is 0 Å². The third-order valence-electron chi connectivity index (χ3n) is 4.87.